The maximum Gasteiger partial charge on any atom is 0.319 e. The number of fused-ring (bicyclic) bond motifs is 1. The molecule has 2 N–H and O–H groups in total. The van der Waals surface area contributed by atoms with Crippen LogP contribution in [-0.4, -0.2) is 36.5 Å². The van der Waals surface area contributed by atoms with E-state index in [-0.39, 0.29) is 24.4 Å². The molecular formula is C28H30N4O3. The number of benzene rings is 3. The Morgan fingerprint density at radius 1 is 0.943 bits per heavy atom. The summed E-state index contributed by atoms with van der Waals surface area (Å²) in [7, 11) is 0. The van der Waals surface area contributed by atoms with Gasteiger partial charge in [0, 0.05) is 23.1 Å². The average molecular weight is 471 g/mol. The Kier molecular flexibility index (Phi) is 7.45. The second-order valence-corrected chi connectivity index (χ2v) is 8.80. The molecule has 0 bridgehead atoms. The third-order valence-corrected chi connectivity index (χ3v) is 6.00. The molecule has 1 unspecified atom stereocenters. The van der Waals surface area contributed by atoms with Gasteiger partial charge >= 0.3 is 6.03 Å². The van der Waals surface area contributed by atoms with Crippen LogP contribution in [0.25, 0.3) is 0 Å². The predicted molar refractivity (Wildman–Crippen MR) is 139 cm³/mol. The second kappa shape index (κ2) is 10.9. The van der Waals surface area contributed by atoms with Crippen molar-refractivity contribution in [2.75, 3.05) is 21.7 Å². The van der Waals surface area contributed by atoms with Gasteiger partial charge in [-0.15, -0.1) is 0 Å². The monoisotopic (exact) mass is 470 g/mol. The molecule has 1 aliphatic heterocycles. The van der Waals surface area contributed by atoms with Crippen LogP contribution in [0.5, 0.6) is 0 Å². The van der Waals surface area contributed by atoms with Crippen LogP contribution in [-0.2, 0) is 16.0 Å². The highest BCUT2D eigenvalue weighted by molar-refractivity contribution is 6.07. The molecule has 1 heterocycles. The second-order valence-electron chi connectivity index (χ2n) is 8.80. The van der Waals surface area contributed by atoms with E-state index in [1.54, 1.807) is 17.0 Å². The standard InChI is InChI=1S/C28H30N4O3/c1-20(2)32(23-14-7-4-8-15-23)26(33)19-31-25-16-10-9-11-21(25)17-18-24(27(31)34)30-28(35)29-22-12-5-3-6-13-22/h3-16,20,24H,17-19H2,1-2H3,(H2,29,30,35). The van der Waals surface area contributed by atoms with Gasteiger partial charge in [0.25, 0.3) is 0 Å². The molecular weight excluding hydrogens is 440 g/mol. The predicted octanol–water partition coefficient (Wildman–Crippen LogP) is 4.60. The Bertz CT molecular complexity index is 1180. The van der Waals surface area contributed by atoms with E-state index in [0.717, 1.165) is 11.3 Å². The van der Waals surface area contributed by atoms with Crippen LogP contribution >= 0.6 is 0 Å². The highest BCUT2D eigenvalue weighted by atomic mass is 16.2. The van der Waals surface area contributed by atoms with Crippen LogP contribution in [0.1, 0.15) is 25.8 Å². The minimum absolute atomic E-state index is 0.0900. The lowest BCUT2D eigenvalue weighted by atomic mass is 10.1. The Morgan fingerprint density at radius 3 is 2.26 bits per heavy atom. The van der Waals surface area contributed by atoms with Gasteiger partial charge in [0.2, 0.25) is 11.8 Å². The van der Waals surface area contributed by atoms with Gasteiger partial charge in [-0.1, -0.05) is 54.6 Å². The fraction of sp³-hybridized carbons (Fsp3) is 0.250. The number of amides is 4. The van der Waals surface area contributed by atoms with E-state index < -0.39 is 12.1 Å². The maximum atomic E-state index is 13.7. The normalized spacial score (nSPS) is 15.2. The number of carbonyl (C=O) groups is 3. The third kappa shape index (κ3) is 5.69. The largest absolute Gasteiger partial charge is 0.326 e. The third-order valence-electron chi connectivity index (χ3n) is 6.00. The van der Waals surface area contributed by atoms with Gasteiger partial charge in [-0.25, -0.2) is 4.79 Å². The van der Waals surface area contributed by atoms with Crippen molar-refractivity contribution < 1.29 is 14.4 Å². The molecule has 1 atom stereocenters. The number of hydrogen-bond acceptors (Lipinski definition) is 3. The number of nitrogens with zero attached hydrogens (tertiary/aromatic N) is 2. The molecule has 0 saturated heterocycles. The number of aryl methyl sites for hydroxylation is 1. The van der Waals surface area contributed by atoms with E-state index in [9.17, 15) is 14.4 Å². The molecule has 7 nitrogen and oxygen atoms in total. The molecule has 35 heavy (non-hydrogen) atoms. The summed E-state index contributed by atoms with van der Waals surface area (Å²) in [6, 6.07) is 24.8. The molecule has 1 aliphatic rings. The SMILES string of the molecule is CC(C)N(C(=O)CN1C(=O)C(NC(=O)Nc2ccccc2)CCc2ccccc21)c1ccccc1. The molecule has 180 valence electrons. The van der Waals surface area contributed by atoms with Crippen LogP contribution < -0.4 is 20.4 Å². The number of rotatable bonds is 6. The molecule has 0 aromatic heterocycles. The van der Waals surface area contributed by atoms with E-state index in [2.05, 4.69) is 10.6 Å². The summed E-state index contributed by atoms with van der Waals surface area (Å²) in [6.07, 6.45) is 1.05. The number of nitrogens with one attached hydrogen (secondary N) is 2. The number of hydrogen-bond donors (Lipinski definition) is 2. The van der Waals surface area contributed by atoms with Crippen molar-refractivity contribution in [1.29, 1.82) is 0 Å². The van der Waals surface area contributed by atoms with Gasteiger partial charge in [-0.05, 0) is 62.6 Å². The van der Waals surface area contributed by atoms with Crippen LogP contribution in [0, 0.1) is 0 Å². The van der Waals surface area contributed by atoms with E-state index in [1.165, 1.54) is 4.90 Å². The van der Waals surface area contributed by atoms with Gasteiger partial charge in [-0.2, -0.15) is 0 Å². The molecule has 0 radical (unpaired) electrons. The summed E-state index contributed by atoms with van der Waals surface area (Å²) < 4.78 is 0. The van der Waals surface area contributed by atoms with Crippen molar-refractivity contribution in [3.8, 4) is 0 Å². The van der Waals surface area contributed by atoms with Crippen LogP contribution in [0.2, 0.25) is 0 Å². The number of urea groups is 1. The van der Waals surface area contributed by atoms with Crippen LogP contribution in [0.3, 0.4) is 0 Å². The van der Waals surface area contributed by atoms with Crippen LogP contribution in [0.4, 0.5) is 21.9 Å². The molecule has 4 amide bonds. The van der Waals surface area contributed by atoms with Gasteiger partial charge in [0.15, 0.2) is 0 Å². The van der Waals surface area contributed by atoms with Crippen LogP contribution in [0.15, 0.2) is 84.9 Å². The van der Waals surface area contributed by atoms with Crippen molar-refractivity contribution in [2.45, 2.75) is 38.8 Å². The van der Waals surface area contributed by atoms with Gasteiger partial charge < -0.3 is 20.4 Å². The smallest absolute Gasteiger partial charge is 0.319 e. The summed E-state index contributed by atoms with van der Waals surface area (Å²) in [5.74, 6) is -0.494. The Balaban J connectivity index is 1.57. The minimum atomic E-state index is -0.761. The quantitative estimate of drug-likeness (QED) is 0.553. The zero-order valence-electron chi connectivity index (χ0n) is 20.0. The lowest BCUT2D eigenvalue weighted by Gasteiger charge is -2.31. The molecule has 7 heteroatoms. The minimum Gasteiger partial charge on any atom is -0.326 e. The zero-order chi connectivity index (χ0) is 24.8. The van der Waals surface area contributed by atoms with E-state index in [0.29, 0.717) is 24.2 Å². The average Bonchev–Trinajstić information content (AvgIpc) is 2.97. The van der Waals surface area contributed by atoms with Crippen molar-refractivity contribution in [1.82, 2.24) is 5.32 Å². The molecule has 0 spiro atoms. The molecule has 0 fully saturated rings. The number of anilines is 3. The van der Waals surface area contributed by atoms with Gasteiger partial charge in [-0.3, -0.25) is 9.59 Å². The van der Waals surface area contributed by atoms with Crippen molar-refractivity contribution >= 4 is 34.9 Å². The summed E-state index contributed by atoms with van der Waals surface area (Å²) in [6.45, 7) is 3.77. The summed E-state index contributed by atoms with van der Waals surface area (Å²) in [4.78, 5) is 43.1. The molecule has 3 aromatic rings. The Labute approximate surface area is 205 Å². The first-order valence-corrected chi connectivity index (χ1v) is 11.8. The summed E-state index contributed by atoms with van der Waals surface area (Å²) in [5, 5.41) is 5.58. The summed E-state index contributed by atoms with van der Waals surface area (Å²) in [5.41, 5.74) is 3.09. The highest BCUT2D eigenvalue weighted by Gasteiger charge is 2.34. The molecule has 4 rings (SSSR count). The zero-order valence-corrected chi connectivity index (χ0v) is 20.0. The molecule has 0 saturated carbocycles. The van der Waals surface area contributed by atoms with Gasteiger partial charge in [0.05, 0.1) is 0 Å². The lowest BCUT2D eigenvalue weighted by molar-refractivity contribution is -0.123. The van der Waals surface area contributed by atoms with Crippen molar-refractivity contribution in [3.05, 3.63) is 90.5 Å². The first-order valence-electron chi connectivity index (χ1n) is 11.8. The number of para-hydroxylation sites is 3. The highest BCUT2D eigenvalue weighted by Crippen LogP contribution is 2.28. The van der Waals surface area contributed by atoms with Crippen molar-refractivity contribution in [3.63, 3.8) is 0 Å². The van der Waals surface area contributed by atoms with Gasteiger partial charge in [0.1, 0.15) is 12.6 Å². The first kappa shape index (κ1) is 24.0. The van der Waals surface area contributed by atoms with E-state index in [1.807, 2.05) is 86.6 Å². The maximum absolute atomic E-state index is 13.7. The van der Waals surface area contributed by atoms with E-state index in [4.69, 9.17) is 0 Å². The topological polar surface area (TPSA) is 81.8 Å². The van der Waals surface area contributed by atoms with Crippen molar-refractivity contribution in [2.24, 2.45) is 0 Å². The first-order chi connectivity index (χ1) is 16.9. The fourth-order valence-electron chi connectivity index (χ4n) is 4.39. The number of carbonyl (C=O) groups excluding carboxylic acids is 3. The molecule has 0 aliphatic carbocycles. The summed E-state index contributed by atoms with van der Waals surface area (Å²) >= 11 is 0. The Morgan fingerprint density at radius 2 is 1.57 bits per heavy atom. The lowest BCUT2D eigenvalue weighted by Crippen LogP contribution is -2.52. The Hall–Kier alpha value is -4.13. The van der Waals surface area contributed by atoms with E-state index >= 15 is 0 Å². The molecule has 3 aromatic carbocycles. The fourth-order valence-corrected chi connectivity index (χ4v) is 4.39.